The molecular weight excluding hydrogens is 255 g/mol. The smallest absolute Gasteiger partial charge is 0.351 e. The molecule has 0 aromatic carbocycles. The molecule has 1 aromatic rings. The van der Waals surface area contributed by atoms with E-state index in [2.05, 4.69) is 4.98 Å². The Balaban J connectivity index is 2.42. The summed E-state index contributed by atoms with van der Waals surface area (Å²) in [6.45, 7) is -0.787. The largest absolute Gasteiger partial charge is 0.394 e. The van der Waals surface area contributed by atoms with Crippen molar-refractivity contribution < 1.29 is 23.7 Å². The highest BCUT2D eigenvalue weighted by Crippen LogP contribution is 2.41. The molecule has 9 heteroatoms. The number of anilines is 1. The first-order valence-corrected chi connectivity index (χ1v) is 5.04. The average molecular weight is 266 g/mol. The van der Waals surface area contributed by atoms with E-state index in [0.717, 1.165) is 12.3 Å². The van der Waals surface area contributed by atoms with Gasteiger partial charge in [0, 0.05) is 6.20 Å². The van der Waals surface area contributed by atoms with Crippen LogP contribution in [0.25, 0.3) is 0 Å². The number of alkyl halides is 2. The number of aromatic nitrogens is 2. The van der Waals surface area contributed by atoms with E-state index in [0.29, 0.717) is 4.57 Å². The van der Waals surface area contributed by atoms with E-state index in [4.69, 9.17) is 15.6 Å². The molecule has 18 heavy (non-hydrogen) atoms. The molecule has 1 aliphatic rings. The lowest BCUT2D eigenvalue weighted by molar-refractivity contribution is -0.140. The van der Waals surface area contributed by atoms with E-state index in [1.165, 1.54) is 0 Å². The van der Waals surface area contributed by atoms with Crippen molar-refractivity contribution in [1.29, 1.82) is 0 Å². The normalized spacial score (nSPS) is 30.6. The molecule has 0 aliphatic carbocycles. The van der Waals surface area contributed by atoms with Gasteiger partial charge in [0.2, 0.25) is 6.23 Å². The van der Waals surface area contributed by atoms with Gasteiger partial charge in [0.05, 0.1) is 6.61 Å². The van der Waals surface area contributed by atoms with E-state index >= 15 is 0 Å². The third kappa shape index (κ3) is 1.85. The second-order valence-corrected chi connectivity index (χ2v) is 3.87. The van der Waals surface area contributed by atoms with Crippen molar-refractivity contribution in [3.63, 3.8) is 0 Å². The quantitative estimate of drug-likeness (QED) is 0.614. The average Bonchev–Trinajstić information content (AvgIpc) is 2.52. The summed E-state index contributed by atoms with van der Waals surface area (Å²) in [4.78, 5) is 14.7. The Morgan fingerprint density at radius 1 is 1.61 bits per heavy atom. The van der Waals surface area contributed by atoms with Gasteiger partial charge in [0.15, 0.2) is 6.10 Å². The Kier molecular flexibility index (Phi) is 3.05. The van der Waals surface area contributed by atoms with E-state index < -0.39 is 36.7 Å². The molecule has 1 aromatic heterocycles. The first kappa shape index (κ1) is 12.9. The van der Waals surface area contributed by atoms with Crippen molar-refractivity contribution in [1.82, 2.24) is 9.55 Å². The van der Waals surface area contributed by atoms with Crippen LogP contribution in [0, 0.1) is 0 Å². The first-order chi connectivity index (χ1) is 8.37. The maximum absolute atomic E-state index is 13.7. The maximum Gasteiger partial charge on any atom is 0.351 e. The number of nitrogen functional groups attached to an aromatic ring is 1. The number of hydrogen-bond donors (Lipinski definition) is 3. The Morgan fingerprint density at radius 2 is 2.28 bits per heavy atom. The fourth-order valence-electron chi connectivity index (χ4n) is 1.72. The molecule has 0 saturated carbocycles. The topological polar surface area (TPSA) is 111 Å². The van der Waals surface area contributed by atoms with Crippen LogP contribution >= 0.6 is 0 Å². The van der Waals surface area contributed by atoms with Crippen LogP contribution in [-0.4, -0.2) is 44.5 Å². The molecule has 0 spiro atoms. The van der Waals surface area contributed by atoms with E-state index in [-0.39, 0.29) is 5.82 Å². The zero-order valence-electron chi connectivity index (χ0n) is 9.03. The van der Waals surface area contributed by atoms with E-state index in [1.54, 1.807) is 0 Å². The molecule has 2 heterocycles. The summed E-state index contributed by atoms with van der Waals surface area (Å²) >= 11 is 0. The zero-order valence-corrected chi connectivity index (χ0v) is 9.03. The number of halogens is 2. The Labute approximate surface area is 99.4 Å². The van der Waals surface area contributed by atoms with Crippen molar-refractivity contribution in [2.75, 3.05) is 12.3 Å². The van der Waals surface area contributed by atoms with Gasteiger partial charge in [0.1, 0.15) is 11.9 Å². The highest BCUT2D eigenvalue weighted by atomic mass is 19.3. The molecular formula is C9H11F2N3O4. The van der Waals surface area contributed by atoms with Gasteiger partial charge >= 0.3 is 11.6 Å². The summed E-state index contributed by atoms with van der Waals surface area (Å²) in [5.74, 6) is -3.83. The van der Waals surface area contributed by atoms with Crippen molar-refractivity contribution in [3.8, 4) is 0 Å². The van der Waals surface area contributed by atoms with Crippen LogP contribution in [0.1, 0.15) is 6.23 Å². The zero-order chi connectivity index (χ0) is 13.5. The Hall–Kier alpha value is -1.58. The molecule has 7 nitrogen and oxygen atoms in total. The fourth-order valence-corrected chi connectivity index (χ4v) is 1.72. The fraction of sp³-hybridized carbons (Fsp3) is 0.556. The Morgan fingerprint density at radius 3 is 2.78 bits per heavy atom. The molecule has 1 fully saturated rings. The van der Waals surface area contributed by atoms with Crippen LogP contribution in [0.4, 0.5) is 14.6 Å². The van der Waals surface area contributed by atoms with Crippen LogP contribution < -0.4 is 11.4 Å². The van der Waals surface area contributed by atoms with Gasteiger partial charge < -0.3 is 20.7 Å². The molecule has 100 valence electrons. The lowest BCUT2D eigenvalue weighted by Crippen LogP contribution is -2.41. The molecule has 1 aliphatic heterocycles. The molecule has 4 N–H and O–H groups in total. The highest BCUT2D eigenvalue weighted by molar-refractivity contribution is 5.23. The number of nitrogens with zero attached hydrogens (tertiary/aromatic N) is 2. The lowest BCUT2D eigenvalue weighted by atomic mass is 10.1. The SMILES string of the molecule is Nc1cc[15n]([C@@H]2O[C@H](CO)[C@H](O)C2(F)F)[13c](=O)[15n]1. The number of hydrogen-bond acceptors (Lipinski definition) is 6. The molecule has 1 saturated heterocycles. The first-order valence-electron chi connectivity index (χ1n) is 5.04. The standard InChI is InChI=1S/C9H11F2N3O4/c10-9(11)6(16)4(3-15)18-7(9)14-2-1-5(12)13-8(14)17/h1-2,4,6-7,15-16H,3H2,(H2,12,13,17)/t4-,6+,7-/m1/s1/i8+1,13+1,14+1. The molecule has 0 amide bonds. The van der Waals surface area contributed by atoms with Gasteiger partial charge in [-0.2, -0.15) is 13.8 Å². The number of ether oxygens (including phenoxy) is 1. The van der Waals surface area contributed by atoms with Crippen molar-refractivity contribution in [3.05, 3.63) is 22.7 Å². The minimum atomic E-state index is -3.71. The monoisotopic (exact) mass is 266 g/mol. The predicted molar refractivity (Wildman–Crippen MR) is 54.9 cm³/mol. The van der Waals surface area contributed by atoms with Crippen LogP contribution in [0.5, 0.6) is 0 Å². The van der Waals surface area contributed by atoms with Gasteiger partial charge in [-0.25, -0.2) is 4.79 Å². The summed E-state index contributed by atoms with van der Waals surface area (Å²) in [6, 6.07) is 1.15. The molecule has 0 unspecified atom stereocenters. The molecule has 2 rings (SSSR count). The lowest BCUT2D eigenvalue weighted by Gasteiger charge is -2.20. The number of aliphatic hydroxyl groups is 2. The number of nitrogens with two attached hydrogens (primary N) is 1. The third-order valence-electron chi connectivity index (χ3n) is 2.66. The minimum absolute atomic E-state index is 0.114. The van der Waals surface area contributed by atoms with Crippen molar-refractivity contribution in [2.45, 2.75) is 24.4 Å². The van der Waals surface area contributed by atoms with Gasteiger partial charge in [-0.1, -0.05) is 0 Å². The second-order valence-electron chi connectivity index (χ2n) is 3.87. The maximum atomic E-state index is 13.7. The van der Waals surface area contributed by atoms with Crippen LogP contribution in [0.3, 0.4) is 0 Å². The minimum Gasteiger partial charge on any atom is -0.394 e. The van der Waals surface area contributed by atoms with Crippen LogP contribution in [0.2, 0.25) is 0 Å². The van der Waals surface area contributed by atoms with Gasteiger partial charge in [-0.3, -0.25) is 4.57 Å². The van der Waals surface area contributed by atoms with E-state index in [9.17, 15) is 18.7 Å². The predicted octanol–water partition coefficient (Wildman–Crippen LogP) is -1.29. The van der Waals surface area contributed by atoms with E-state index in [1.807, 2.05) is 0 Å². The number of rotatable bonds is 2. The van der Waals surface area contributed by atoms with Gasteiger partial charge in [0.25, 0.3) is 0 Å². The van der Waals surface area contributed by atoms with Crippen LogP contribution in [0.15, 0.2) is 17.1 Å². The summed E-state index contributed by atoms with van der Waals surface area (Å²) in [6.07, 6.45) is -4.69. The van der Waals surface area contributed by atoms with Gasteiger partial charge in [-0.15, -0.1) is 0 Å². The van der Waals surface area contributed by atoms with Crippen molar-refractivity contribution >= 4 is 5.82 Å². The third-order valence-corrected chi connectivity index (χ3v) is 2.66. The molecule has 0 bridgehead atoms. The van der Waals surface area contributed by atoms with Gasteiger partial charge in [-0.05, 0) is 6.07 Å². The summed E-state index contributed by atoms with van der Waals surface area (Å²) < 4.78 is 32.7. The van der Waals surface area contributed by atoms with Crippen LogP contribution in [-0.2, 0) is 4.74 Å². The second kappa shape index (κ2) is 4.26. The highest BCUT2D eigenvalue weighted by Gasteiger charge is 2.59. The molecule has 3 atom stereocenters. The molecule has 0 radical (unpaired) electrons. The summed E-state index contributed by atoms with van der Waals surface area (Å²) in [5.41, 5.74) is 4.21. The van der Waals surface area contributed by atoms with Crippen molar-refractivity contribution in [2.24, 2.45) is 0 Å². The Bertz CT molecular complexity index is 507. The summed E-state index contributed by atoms with van der Waals surface area (Å²) in [7, 11) is 0. The summed E-state index contributed by atoms with van der Waals surface area (Å²) in [5, 5.41) is 18.1. The number of aliphatic hydroxyl groups excluding tert-OH is 2.